The summed E-state index contributed by atoms with van der Waals surface area (Å²) in [4.78, 5) is 13.7. The lowest BCUT2D eigenvalue weighted by Gasteiger charge is -2.27. The number of sulfonamides is 1. The van der Waals surface area contributed by atoms with Crippen LogP contribution >= 0.6 is 0 Å². The van der Waals surface area contributed by atoms with Crippen molar-refractivity contribution >= 4 is 21.6 Å². The lowest BCUT2D eigenvalue weighted by atomic mass is 10.2. The fraction of sp³-hybridized carbons (Fsp3) is 0.500. The van der Waals surface area contributed by atoms with E-state index in [1.165, 1.54) is 0 Å². The van der Waals surface area contributed by atoms with E-state index < -0.39 is 10.0 Å². The normalized spacial score (nSPS) is 12.7. The van der Waals surface area contributed by atoms with E-state index in [0.717, 1.165) is 11.9 Å². The molecule has 0 aliphatic rings. The predicted molar refractivity (Wildman–Crippen MR) is 84.8 cm³/mol. The summed E-state index contributed by atoms with van der Waals surface area (Å²) >= 11 is 0. The topological polar surface area (TPSA) is 78.5 Å². The first kappa shape index (κ1) is 17.5. The third-order valence-electron chi connectivity index (χ3n) is 3.14. The van der Waals surface area contributed by atoms with Crippen molar-refractivity contribution < 1.29 is 13.2 Å². The van der Waals surface area contributed by atoms with Crippen LogP contribution in [-0.2, 0) is 14.8 Å². The summed E-state index contributed by atoms with van der Waals surface area (Å²) in [5.41, 5.74) is 1.08. The smallest absolute Gasteiger partial charge is 0.221 e. The van der Waals surface area contributed by atoms with Crippen molar-refractivity contribution in [3.05, 3.63) is 30.3 Å². The van der Waals surface area contributed by atoms with Crippen LogP contribution in [0, 0.1) is 0 Å². The third kappa shape index (κ3) is 7.10. The minimum Gasteiger partial charge on any atom is -0.370 e. The van der Waals surface area contributed by atoms with Crippen LogP contribution in [0.5, 0.6) is 0 Å². The average Bonchev–Trinajstić information content (AvgIpc) is 2.43. The molecule has 118 valence electrons. The number of hydrogen-bond acceptors (Lipinski definition) is 4. The molecule has 0 saturated carbocycles. The first-order valence-corrected chi connectivity index (χ1v) is 8.68. The zero-order valence-corrected chi connectivity index (χ0v) is 13.5. The van der Waals surface area contributed by atoms with E-state index in [-0.39, 0.29) is 24.9 Å². The molecule has 0 spiro atoms. The van der Waals surface area contributed by atoms with Crippen molar-refractivity contribution in [2.75, 3.05) is 31.3 Å². The van der Waals surface area contributed by atoms with E-state index in [9.17, 15) is 13.2 Å². The van der Waals surface area contributed by atoms with Gasteiger partial charge in [-0.3, -0.25) is 4.79 Å². The SMILES string of the molecule is CC(CNC(=O)CCNS(C)(=O)=O)N(C)c1ccccc1. The van der Waals surface area contributed by atoms with Crippen LogP contribution in [-0.4, -0.2) is 46.8 Å². The quantitative estimate of drug-likeness (QED) is 0.735. The number of amides is 1. The molecule has 1 aromatic rings. The zero-order chi connectivity index (χ0) is 15.9. The number of para-hydroxylation sites is 1. The van der Waals surface area contributed by atoms with Gasteiger partial charge < -0.3 is 10.2 Å². The second-order valence-corrected chi connectivity index (χ2v) is 6.85. The van der Waals surface area contributed by atoms with Gasteiger partial charge in [0.05, 0.1) is 6.26 Å². The van der Waals surface area contributed by atoms with E-state index in [1.807, 2.05) is 44.3 Å². The number of likely N-dealkylation sites (N-methyl/N-ethyl adjacent to an activating group) is 1. The number of nitrogens with zero attached hydrogens (tertiary/aromatic N) is 1. The fourth-order valence-corrected chi connectivity index (χ4v) is 2.23. The fourth-order valence-electron chi connectivity index (χ4n) is 1.75. The molecule has 21 heavy (non-hydrogen) atoms. The molecule has 7 heteroatoms. The number of nitrogens with one attached hydrogen (secondary N) is 2. The number of hydrogen-bond donors (Lipinski definition) is 2. The number of carbonyl (C=O) groups excluding carboxylic acids is 1. The standard InChI is InChI=1S/C14H23N3O3S/c1-12(17(2)13-7-5-4-6-8-13)11-15-14(18)9-10-16-21(3,19)20/h4-8,12,16H,9-11H2,1-3H3,(H,15,18). The molecule has 1 rings (SSSR count). The van der Waals surface area contributed by atoms with Crippen molar-refractivity contribution in [1.82, 2.24) is 10.0 Å². The predicted octanol–water partition coefficient (Wildman–Crippen LogP) is 0.567. The molecule has 1 atom stereocenters. The van der Waals surface area contributed by atoms with Crippen LogP contribution in [0.3, 0.4) is 0 Å². The zero-order valence-electron chi connectivity index (χ0n) is 12.7. The maximum atomic E-state index is 11.6. The highest BCUT2D eigenvalue weighted by atomic mass is 32.2. The minimum atomic E-state index is -3.24. The number of anilines is 1. The Bertz CT molecular complexity index is 546. The molecule has 2 N–H and O–H groups in total. The number of rotatable bonds is 8. The second-order valence-electron chi connectivity index (χ2n) is 5.02. The van der Waals surface area contributed by atoms with Gasteiger partial charge in [0.15, 0.2) is 0 Å². The molecular formula is C14H23N3O3S. The minimum absolute atomic E-state index is 0.119. The highest BCUT2D eigenvalue weighted by Crippen LogP contribution is 2.13. The Hall–Kier alpha value is -1.60. The molecule has 0 fully saturated rings. The van der Waals surface area contributed by atoms with E-state index >= 15 is 0 Å². The van der Waals surface area contributed by atoms with Gasteiger partial charge >= 0.3 is 0 Å². The van der Waals surface area contributed by atoms with Gasteiger partial charge in [-0.15, -0.1) is 0 Å². The van der Waals surface area contributed by atoms with Crippen LogP contribution in [0.4, 0.5) is 5.69 Å². The molecule has 1 unspecified atom stereocenters. The number of carbonyl (C=O) groups is 1. The lowest BCUT2D eigenvalue weighted by Crippen LogP contribution is -2.41. The van der Waals surface area contributed by atoms with Crippen molar-refractivity contribution in [2.45, 2.75) is 19.4 Å². The van der Waals surface area contributed by atoms with Gasteiger partial charge in [0.2, 0.25) is 15.9 Å². The summed E-state index contributed by atoms with van der Waals surface area (Å²) in [6.07, 6.45) is 1.20. The highest BCUT2D eigenvalue weighted by Gasteiger charge is 2.11. The summed E-state index contributed by atoms with van der Waals surface area (Å²) in [7, 11) is -1.27. The van der Waals surface area contributed by atoms with Crippen LogP contribution in [0.25, 0.3) is 0 Å². The van der Waals surface area contributed by atoms with Gasteiger partial charge in [0.25, 0.3) is 0 Å². The molecule has 0 aliphatic heterocycles. The molecule has 1 aromatic carbocycles. The molecule has 0 aliphatic carbocycles. The summed E-state index contributed by atoms with van der Waals surface area (Å²) in [5.74, 6) is -0.167. The number of benzene rings is 1. The van der Waals surface area contributed by atoms with Gasteiger partial charge in [-0.2, -0.15) is 0 Å². The average molecular weight is 313 g/mol. The third-order valence-corrected chi connectivity index (χ3v) is 3.86. The van der Waals surface area contributed by atoms with Crippen LogP contribution in [0.15, 0.2) is 30.3 Å². The Morgan fingerprint density at radius 3 is 2.48 bits per heavy atom. The van der Waals surface area contributed by atoms with E-state index in [4.69, 9.17) is 0 Å². The first-order valence-electron chi connectivity index (χ1n) is 6.79. The summed E-state index contributed by atoms with van der Waals surface area (Å²) in [5, 5.41) is 2.80. The van der Waals surface area contributed by atoms with Crippen molar-refractivity contribution in [2.24, 2.45) is 0 Å². The summed E-state index contributed by atoms with van der Waals surface area (Å²) < 4.78 is 24.0. The van der Waals surface area contributed by atoms with Crippen molar-refractivity contribution in [3.63, 3.8) is 0 Å². The Labute approximate surface area is 126 Å². The Kier molecular flexibility index (Phi) is 6.64. The van der Waals surface area contributed by atoms with E-state index in [2.05, 4.69) is 14.9 Å². The molecule has 0 aromatic heterocycles. The molecule has 6 nitrogen and oxygen atoms in total. The molecule has 1 amide bonds. The largest absolute Gasteiger partial charge is 0.370 e. The van der Waals surface area contributed by atoms with Crippen LogP contribution < -0.4 is 14.9 Å². The molecule has 0 saturated heterocycles. The highest BCUT2D eigenvalue weighted by molar-refractivity contribution is 7.88. The molecular weight excluding hydrogens is 290 g/mol. The van der Waals surface area contributed by atoms with Crippen LogP contribution in [0.1, 0.15) is 13.3 Å². The molecule has 0 heterocycles. The maximum Gasteiger partial charge on any atom is 0.221 e. The monoisotopic (exact) mass is 313 g/mol. The van der Waals surface area contributed by atoms with Crippen molar-refractivity contribution in [1.29, 1.82) is 0 Å². The first-order chi connectivity index (χ1) is 9.79. The summed E-state index contributed by atoms with van der Waals surface area (Å²) in [6.45, 7) is 2.64. The van der Waals surface area contributed by atoms with Gasteiger partial charge in [-0.1, -0.05) is 18.2 Å². The van der Waals surface area contributed by atoms with Crippen LogP contribution in [0.2, 0.25) is 0 Å². The van der Waals surface area contributed by atoms with Crippen molar-refractivity contribution in [3.8, 4) is 0 Å². The van der Waals surface area contributed by atoms with Gasteiger partial charge in [-0.05, 0) is 19.1 Å². The van der Waals surface area contributed by atoms with Gasteiger partial charge in [0.1, 0.15) is 0 Å². The molecule has 0 radical (unpaired) electrons. The Morgan fingerprint density at radius 2 is 1.90 bits per heavy atom. The summed E-state index contributed by atoms with van der Waals surface area (Å²) in [6, 6.07) is 10.0. The van der Waals surface area contributed by atoms with Gasteiger partial charge in [0, 0.05) is 38.3 Å². The van der Waals surface area contributed by atoms with Gasteiger partial charge in [-0.25, -0.2) is 13.1 Å². The molecule has 0 bridgehead atoms. The second kappa shape index (κ2) is 7.99. The van der Waals surface area contributed by atoms with E-state index in [0.29, 0.717) is 6.54 Å². The van der Waals surface area contributed by atoms with E-state index in [1.54, 1.807) is 0 Å². The Balaban J connectivity index is 2.32. The lowest BCUT2D eigenvalue weighted by molar-refractivity contribution is -0.120. The Morgan fingerprint density at radius 1 is 1.29 bits per heavy atom. The maximum absolute atomic E-state index is 11.6.